The van der Waals surface area contributed by atoms with Crippen molar-refractivity contribution >= 4 is 23.4 Å². The molecule has 9 nitrogen and oxygen atoms in total. The molecule has 198 valence electrons. The van der Waals surface area contributed by atoms with E-state index in [9.17, 15) is 9.59 Å². The fraction of sp³-hybridized carbons (Fsp3) is 0.321. The highest BCUT2D eigenvalue weighted by Crippen LogP contribution is 2.36. The number of hydrogen-bond acceptors (Lipinski definition) is 9. The van der Waals surface area contributed by atoms with Crippen LogP contribution in [0.1, 0.15) is 37.9 Å². The fourth-order valence-electron chi connectivity index (χ4n) is 4.54. The molecule has 0 unspecified atom stereocenters. The first kappa shape index (κ1) is 25.6. The van der Waals surface area contributed by atoms with Gasteiger partial charge in [0.25, 0.3) is 5.56 Å². The van der Waals surface area contributed by atoms with E-state index in [0.29, 0.717) is 69.0 Å². The van der Waals surface area contributed by atoms with Gasteiger partial charge >= 0.3 is 5.97 Å². The normalized spacial score (nSPS) is 16.5. The van der Waals surface area contributed by atoms with Crippen molar-refractivity contribution in [3.63, 3.8) is 0 Å². The summed E-state index contributed by atoms with van der Waals surface area (Å²) >= 11 is 1.26. The molecule has 3 aromatic rings. The predicted molar refractivity (Wildman–Crippen MR) is 142 cm³/mol. The van der Waals surface area contributed by atoms with Crippen LogP contribution in [0.2, 0.25) is 0 Å². The van der Waals surface area contributed by atoms with Gasteiger partial charge in [-0.2, -0.15) is 0 Å². The monoisotopic (exact) mass is 536 g/mol. The first-order valence-electron chi connectivity index (χ1n) is 12.3. The minimum Gasteiger partial charge on any atom is -0.493 e. The molecule has 1 atom stereocenters. The molecule has 38 heavy (non-hydrogen) atoms. The van der Waals surface area contributed by atoms with Gasteiger partial charge in [-0.3, -0.25) is 9.36 Å². The predicted octanol–water partition coefficient (Wildman–Crippen LogP) is 2.98. The lowest BCUT2D eigenvalue weighted by Gasteiger charge is -2.25. The van der Waals surface area contributed by atoms with Crippen LogP contribution in [0.4, 0.5) is 0 Å². The van der Waals surface area contributed by atoms with Crippen molar-refractivity contribution in [1.82, 2.24) is 4.57 Å². The van der Waals surface area contributed by atoms with Crippen LogP contribution >= 0.6 is 11.3 Å². The maximum absolute atomic E-state index is 13.9. The highest BCUT2D eigenvalue weighted by atomic mass is 32.1. The van der Waals surface area contributed by atoms with Crippen molar-refractivity contribution in [2.45, 2.75) is 26.8 Å². The zero-order chi connectivity index (χ0) is 26.8. The van der Waals surface area contributed by atoms with Gasteiger partial charge in [-0.1, -0.05) is 23.5 Å². The van der Waals surface area contributed by atoms with E-state index >= 15 is 0 Å². The number of hydrogen-bond donors (Lipinski definition) is 0. The second kappa shape index (κ2) is 10.7. The zero-order valence-electron chi connectivity index (χ0n) is 21.6. The summed E-state index contributed by atoms with van der Waals surface area (Å²) < 4.78 is 29.9. The molecule has 3 heterocycles. The number of allylic oxidation sites excluding steroid dienone is 1. The Morgan fingerprint density at radius 3 is 2.63 bits per heavy atom. The van der Waals surface area contributed by atoms with E-state index in [1.807, 2.05) is 31.2 Å². The van der Waals surface area contributed by atoms with Gasteiger partial charge in [0.15, 0.2) is 27.8 Å². The van der Waals surface area contributed by atoms with Crippen LogP contribution in [-0.2, 0) is 9.53 Å². The SMILES string of the molecule is CCOC(=O)C1=C(C)N=c2sc(=Cc3ccc4c(c3)OCCO4)c(=O)n2[C@@H]1c1ccc(OC)c(OCC)c1. The van der Waals surface area contributed by atoms with E-state index in [4.69, 9.17) is 23.7 Å². The maximum Gasteiger partial charge on any atom is 0.338 e. The van der Waals surface area contributed by atoms with Gasteiger partial charge < -0.3 is 23.7 Å². The van der Waals surface area contributed by atoms with Crippen LogP contribution in [0.3, 0.4) is 0 Å². The highest BCUT2D eigenvalue weighted by Gasteiger charge is 2.34. The largest absolute Gasteiger partial charge is 0.493 e. The number of ether oxygens (including phenoxy) is 5. The Balaban J connectivity index is 1.69. The number of nitrogens with zero attached hydrogens (tertiary/aromatic N) is 2. The van der Waals surface area contributed by atoms with E-state index in [1.54, 1.807) is 43.7 Å². The second-order valence-electron chi connectivity index (χ2n) is 8.55. The molecule has 0 spiro atoms. The van der Waals surface area contributed by atoms with Gasteiger partial charge in [0, 0.05) is 0 Å². The van der Waals surface area contributed by atoms with Gasteiger partial charge in [-0.05, 0) is 62.2 Å². The molecule has 2 aliphatic rings. The van der Waals surface area contributed by atoms with Gasteiger partial charge in [-0.25, -0.2) is 9.79 Å². The van der Waals surface area contributed by atoms with E-state index < -0.39 is 12.0 Å². The number of methoxy groups -OCH3 is 1. The molecule has 0 aliphatic carbocycles. The summed E-state index contributed by atoms with van der Waals surface area (Å²) in [5, 5.41) is 0. The maximum atomic E-state index is 13.9. The number of benzene rings is 2. The smallest absolute Gasteiger partial charge is 0.338 e. The summed E-state index contributed by atoms with van der Waals surface area (Å²) in [5.74, 6) is 1.87. The molecule has 0 radical (unpaired) electrons. The van der Waals surface area contributed by atoms with Gasteiger partial charge in [0.2, 0.25) is 0 Å². The Labute approximate surface area is 223 Å². The number of fused-ring (bicyclic) bond motifs is 2. The molecule has 0 bridgehead atoms. The average molecular weight is 537 g/mol. The quantitative estimate of drug-likeness (QED) is 0.428. The van der Waals surface area contributed by atoms with E-state index in [2.05, 4.69) is 4.99 Å². The van der Waals surface area contributed by atoms with Crippen molar-refractivity contribution in [2.75, 3.05) is 33.5 Å². The van der Waals surface area contributed by atoms with Gasteiger partial charge in [0.05, 0.1) is 42.2 Å². The van der Waals surface area contributed by atoms with E-state index in [-0.39, 0.29) is 12.2 Å². The molecule has 2 aliphatic heterocycles. The average Bonchev–Trinajstić information content (AvgIpc) is 3.22. The summed E-state index contributed by atoms with van der Waals surface area (Å²) in [5.41, 5.74) is 2.00. The van der Waals surface area contributed by atoms with Crippen LogP contribution in [0.5, 0.6) is 23.0 Å². The third-order valence-electron chi connectivity index (χ3n) is 6.18. The summed E-state index contributed by atoms with van der Waals surface area (Å²) in [4.78, 5) is 32.1. The molecule has 0 saturated carbocycles. The molecule has 0 amide bonds. The summed E-state index contributed by atoms with van der Waals surface area (Å²) in [6.45, 7) is 6.97. The molecule has 0 fully saturated rings. The lowest BCUT2D eigenvalue weighted by atomic mass is 9.95. The molecule has 5 rings (SSSR count). The van der Waals surface area contributed by atoms with Crippen LogP contribution in [0, 0.1) is 0 Å². The van der Waals surface area contributed by atoms with Gasteiger partial charge in [-0.15, -0.1) is 0 Å². The molecular formula is C28H28N2O7S. The molecular weight excluding hydrogens is 508 g/mol. The molecule has 10 heteroatoms. The Morgan fingerprint density at radius 2 is 1.89 bits per heavy atom. The van der Waals surface area contributed by atoms with Crippen molar-refractivity contribution in [3.8, 4) is 23.0 Å². The first-order valence-corrected chi connectivity index (χ1v) is 13.2. The third-order valence-corrected chi connectivity index (χ3v) is 7.17. The Bertz CT molecular complexity index is 1600. The Kier molecular flexibility index (Phi) is 7.24. The minimum atomic E-state index is -0.752. The van der Waals surface area contributed by atoms with Crippen LogP contribution in [-0.4, -0.2) is 44.1 Å². The van der Waals surface area contributed by atoms with Crippen molar-refractivity contribution in [3.05, 3.63) is 78.5 Å². The zero-order valence-corrected chi connectivity index (χ0v) is 22.4. The molecule has 0 saturated heterocycles. The van der Waals surface area contributed by atoms with E-state index in [0.717, 1.165) is 5.56 Å². The molecule has 0 N–H and O–H groups in total. The lowest BCUT2D eigenvalue weighted by molar-refractivity contribution is -0.139. The number of esters is 1. The molecule has 2 aromatic carbocycles. The highest BCUT2D eigenvalue weighted by molar-refractivity contribution is 7.07. The fourth-order valence-corrected chi connectivity index (χ4v) is 5.59. The Morgan fingerprint density at radius 1 is 1.11 bits per heavy atom. The number of carbonyl (C=O) groups excluding carboxylic acids is 1. The van der Waals surface area contributed by atoms with Crippen LogP contribution in [0.25, 0.3) is 6.08 Å². The van der Waals surface area contributed by atoms with Crippen molar-refractivity contribution in [1.29, 1.82) is 0 Å². The standard InChI is InChI=1S/C28H28N2O7S/c1-5-34-22-15-18(8-10-19(22)33-4)25-24(27(32)35-6-2)16(3)29-28-30(25)26(31)23(38-28)14-17-7-9-20-21(13-17)37-12-11-36-20/h7-10,13-15,25H,5-6,11-12H2,1-4H3/t25-/m1/s1. The lowest BCUT2D eigenvalue weighted by Crippen LogP contribution is -2.40. The molecule has 1 aromatic heterocycles. The number of carbonyl (C=O) groups is 1. The first-order chi connectivity index (χ1) is 18.4. The summed E-state index contributed by atoms with van der Waals surface area (Å²) in [6, 6.07) is 10.2. The number of aromatic nitrogens is 1. The summed E-state index contributed by atoms with van der Waals surface area (Å²) in [6.07, 6.45) is 1.79. The van der Waals surface area contributed by atoms with Crippen molar-refractivity contribution < 1.29 is 28.5 Å². The van der Waals surface area contributed by atoms with Crippen molar-refractivity contribution in [2.24, 2.45) is 4.99 Å². The minimum absolute atomic E-state index is 0.198. The van der Waals surface area contributed by atoms with Crippen LogP contribution in [0.15, 0.2) is 57.5 Å². The number of thiazole rings is 1. The second-order valence-corrected chi connectivity index (χ2v) is 9.56. The number of rotatable bonds is 7. The third kappa shape index (κ3) is 4.67. The Hall–Kier alpha value is -4.05. The van der Waals surface area contributed by atoms with E-state index in [1.165, 1.54) is 11.3 Å². The topological polar surface area (TPSA) is 97.6 Å². The van der Waals surface area contributed by atoms with Gasteiger partial charge in [0.1, 0.15) is 13.2 Å². The summed E-state index contributed by atoms with van der Waals surface area (Å²) in [7, 11) is 1.56. The van der Waals surface area contributed by atoms with Crippen LogP contribution < -0.4 is 33.8 Å².